The van der Waals surface area contributed by atoms with E-state index in [0.717, 1.165) is 16.5 Å². The third-order valence-electron chi connectivity index (χ3n) is 2.56. The molecule has 0 unspecified atom stereocenters. The van der Waals surface area contributed by atoms with E-state index in [1.807, 2.05) is 10.9 Å². The molecule has 18 heavy (non-hydrogen) atoms. The Morgan fingerprint density at radius 2 is 2.11 bits per heavy atom. The van der Waals surface area contributed by atoms with Crippen LogP contribution >= 0.6 is 11.3 Å². The molecule has 0 atom stereocenters. The number of nitrogens with zero attached hydrogens (tertiary/aromatic N) is 3. The summed E-state index contributed by atoms with van der Waals surface area (Å²) in [4.78, 5) is 4.53. The molecule has 0 aromatic carbocycles. The molecule has 0 saturated carbocycles. The number of hydrogen-bond acceptors (Lipinski definition) is 4. The van der Waals surface area contributed by atoms with E-state index < -0.39 is 0 Å². The third kappa shape index (κ3) is 3.10. The molecule has 2 aromatic heterocycles. The highest BCUT2D eigenvalue weighted by atomic mass is 32.1. The lowest BCUT2D eigenvalue weighted by Gasteiger charge is -2.03. The molecule has 2 rings (SSSR count). The van der Waals surface area contributed by atoms with Gasteiger partial charge in [-0.2, -0.15) is 5.10 Å². The van der Waals surface area contributed by atoms with Gasteiger partial charge in [-0.15, -0.1) is 11.3 Å². The molecule has 0 aliphatic carbocycles. The lowest BCUT2D eigenvalue weighted by atomic mass is 10.2. The highest BCUT2D eigenvalue weighted by molar-refractivity contribution is 7.09. The second kappa shape index (κ2) is 5.52. The highest BCUT2D eigenvalue weighted by Gasteiger charge is 2.07. The maximum atomic E-state index is 5.68. The summed E-state index contributed by atoms with van der Waals surface area (Å²) in [5.41, 5.74) is 0.987. The molecule has 98 valence electrons. The maximum absolute atomic E-state index is 5.68. The number of aromatic nitrogens is 3. The minimum Gasteiger partial charge on any atom is -0.484 e. The first kappa shape index (κ1) is 13.1. The first-order valence-corrected chi connectivity index (χ1v) is 7.05. The summed E-state index contributed by atoms with van der Waals surface area (Å²) in [6.45, 7) is 8.98. The van der Waals surface area contributed by atoms with Crippen molar-refractivity contribution >= 4 is 11.3 Å². The van der Waals surface area contributed by atoms with Crippen molar-refractivity contribution in [2.75, 3.05) is 0 Å². The van der Waals surface area contributed by atoms with Gasteiger partial charge in [0.05, 0.1) is 23.1 Å². The van der Waals surface area contributed by atoms with Crippen molar-refractivity contribution in [1.82, 2.24) is 14.8 Å². The monoisotopic (exact) mass is 265 g/mol. The summed E-state index contributed by atoms with van der Waals surface area (Å²) >= 11 is 1.69. The molecule has 0 radical (unpaired) electrons. The normalized spacial score (nSPS) is 11.4. The maximum Gasteiger partial charge on any atom is 0.157 e. The van der Waals surface area contributed by atoms with Gasteiger partial charge in [0.2, 0.25) is 0 Å². The molecule has 0 aliphatic heterocycles. The van der Waals surface area contributed by atoms with Crippen molar-refractivity contribution in [3.63, 3.8) is 0 Å². The summed E-state index contributed by atoms with van der Waals surface area (Å²) < 4.78 is 7.56. The number of rotatable bonds is 5. The predicted octanol–water partition coefficient (Wildman–Crippen LogP) is 3.62. The Hall–Kier alpha value is -1.36. The largest absolute Gasteiger partial charge is 0.484 e. The first-order chi connectivity index (χ1) is 8.56. The van der Waals surface area contributed by atoms with Crippen LogP contribution in [0.3, 0.4) is 0 Å². The van der Waals surface area contributed by atoms with E-state index in [1.165, 1.54) is 0 Å². The topological polar surface area (TPSA) is 39.9 Å². The van der Waals surface area contributed by atoms with E-state index in [1.54, 1.807) is 17.5 Å². The lowest BCUT2D eigenvalue weighted by molar-refractivity contribution is 0.301. The Labute approximate surface area is 112 Å². The Bertz CT molecular complexity index is 456. The number of thiazole rings is 1. The molecule has 0 N–H and O–H groups in total. The Balaban J connectivity index is 1.93. The fraction of sp³-hybridized carbons (Fsp3) is 0.538. The molecule has 0 amide bonds. The van der Waals surface area contributed by atoms with Crippen LogP contribution in [0.2, 0.25) is 0 Å². The standard InChI is InChI=1S/C13H19N3OS/c1-9(2)13-15-11(8-18-13)7-17-12-5-14-16(6-12)10(3)4/h5-6,8-10H,7H2,1-4H3. The van der Waals surface area contributed by atoms with Gasteiger partial charge in [0.1, 0.15) is 6.61 Å². The van der Waals surface area contributed by atoms with Gasteiger partial charge in [-0.05, 0) is 13.8 Å². The summed E-state index contributed by atoms with van der Waals surface area (Å²) in [5, 5.41) is 7.45. The molecule has 0 saturated heterocycles. The van der Waals surface area contributed by atoms with Crippen LogP contribution in [0.25, 0.3) is 0 Å². The summed E-state index contributed by atoms with van der Waals surface area (Å²) in [5.74, 6) is 1.27. The number of ether oxygens (including phenoxy) is 1. The molecule has 2 aromatic rings. The van der Waals surface area contributed by atoms with Gasteiger partial charge in [-0.3, -0.25) is 4.68 Å². The van der Waals surface area contributed by atoms with Gasteiger partial charge in [-0.25, -0.2) is 4.98 Å². The van der Waals surface area contributed by atoms with Crippen LogP contribution in [-0.2, 0) is 6.61 Å². The van der Waals surface area contributed by atoms with Crippen LogP contribution < -0.4 is 4.74 Å². The van der Waals surface area contributed by atoms with Gasteiger partial charge in [0.25, 0.3) is 0 Å². The molecule has 5 heteroatoms. The van der Waals surface area contributed by atoms with E-state index in [9.17, 15) is 0 Å². The van der Waals surface area contributed by atoms with Crippen molar-refractivity contribution in [2.45, 2.75) is 46.3 Å². The van der Waals surface area contributed by atoms with Crippen molar-refractivity contribution in [3.05, 3.63) is 28.5 Å². The fourth-order valence-corrected chi connectivity index (χ4v) is 2.31. The zero-order valence-corrected chi connectivity index (χ0v) is 12.1. The van der Waals surface area contributed by atoms with Gasteiger partial charge >= 0.3 is 0 Å². The predicted molar refractivity (Wildman–Crippen MR) is 73.1 cm³/mol. The second-order valence-corrected chi connectivity index (χ2v) is 5.76. The Kier molecular flexibility index (Phi) is 4.01. The Morgan fingerprint density at radius 1 is 1.33 bits per heavy atom. The molecule has 0 aliphatic rings. The highest BCUT2D eigenvalue weighted by Crippen LogP contribution is 2.20. The second-order valence-electron chi connectivity index (χ2n) is 4.87. The zero-order valence-electron chi connectivity index (χ0n) is 11.3. The number of hydrogen-bond donors (Lipinski definition) is 0. The Morgan fingerprint density at radius 3 is 2.67 bits per heavy atom. The summed E-state index contributed by atoms with van der Waals surface area (Å²) in [7, 11) is 0. The fourth-order valence-electron chi connectivity index (χ4n) is 1.49. The van der Waals surface area contributed by atoms with E-state index in [2.05, 4.69) is 43.2 Å². The molecular formula is C13H19N3OS. The average molecular weight is 265 g/mol. The van der Waals surface area contributed by atoms with Crippen molar-refractivity contribution in [1.29, 1.82) is 0 Å². The molecule has 2 heterocycles. The van der Waals surface area contributed by atoms with Crippen LogP contribution in [0.5, 0.6) is 5.75 Å². The minimum atomic E-state index is 0.356. The van der Waals surface area contributed by atoms with Gasteiger partial charge < -0.3 is 4.74 Å². The minimum absolute atomic E-state index is 0.356. The van der Waals surface area contributed by atoms with E-state index >= 15 is 0 Å². The van der Waals surface area contributed by atoms with Crippen molar-refractivity contribution < 1.29 is 4.74 Å². The summed E-state index contributed by atoms with van der Waals surface area (Å²) in [6.07, 6.45) is 3.66. The summed E-state index contributed by atoms with van der Waals surface area (Å²) in [6, 6.07) is 0.356. The molecule has 0 bridgehead atoms. The van der Waals surface area contributed by atoms with Crippen LogP contribution in [-0.4, -0.2) is 14.8 Å². The third-order valence-corrected chi connectivity index (χ3v) is 3.75. The van der Waals surface area contributed by atoms with E-state index in [-0.39, 0.29) is 0 Å². The molecule has 0 fully saturated rings. The van der Waals surface area contributed by atoms with Crippen LogP contribution in [0.1, 0.15) is 50.4 Å². The van der Waals surface area contributed by atoms with Gasteiger partial charge in [0, 0.05) is 17.3 Å². The van der Waals surface area contributed by atoms with Gasteiger partial charge in [0.15, 0.2) is 5.75 Å². The van der Waals surface area contributed by atoms with Gasteiger partial charge in [-0.1, -0.05) is 13.8 Å². The SMILES string of the molecule is CC(C)c1nc(COc2cnn(C(C)C)c2)cs1. The molecule has 0 spiro atoms. The lowest BCUT2D eigenvalue weighted by Crippen LogP contribution is -2.00. The molecular weight excluding hydrogens is 246 g/mol. The average Bonchev–Trinajstić information content (AvgIpc) is 2.95. The van der Waals surface area contributed by atoms with E-state index in [4.69, 9.17) is 4.74 Å². The van der Waals surface area contributed by atoms with Crippen LogP contribution in [0.4, 0.5) is 0 Å². The zero-order chi connectivity index (χ0) is 13.1. The first-order valence-electron chi connectivity index (χ1n) is 6.17. The quantitative estimate of drug-likeness (QED) is 0.829. The smallest absolute Gasteiger partial charge is 0.157 e. The van der Waals surface area contributed by atoms with E-state index in [0.29, 0.717) is 18.6 Å². The molecule has 4 nitrogen and oxygen atoms in total. The van der Waals surface area contributed by atoms with Crippen molar-refractivity contribution in [2.24, 2.45) is 0 Å². The van der Waals surface area contributed by atoms with Crippen LogP contribution in [0.15, 0.2) is 17.8 Å². The van der Waals surface area contributed by atoms with Crippen molar-refractivity contribution in [3.8, 4) is 5.75 Å². The van der Waals surface area contributed by atoms with Crippen LogP contribution in [0, 0.1) is 0 Å².